The van der Waals surface area contributed by atoms with Gasteiger partial charge >= 0.3 is 0 Å². The van der Waals surface area contributed by atoms with Gasteiger partial charge in [0, 0.05) is 18.9 Å². The molecular weight excluding hydrogens is 190 g/mol. The normalized spacial score (nSPS) is 40.0. The van der Waals surface area contributed by atoms with Crippen LogP contribution in [0.15, 0.2) is 0 Å². The molecule has 1 spiro atoms. The van der Waals surface area contributed by atoms with Crippen LogP contribution in [0.4, 0.5) is 0 Å². The first-order chi connectivity index (χ1) is 7.38. The zero-order chi connectivity index (χ0) is 10.1. The van der Waals surface area contributed by atoms with Gasteiger partial charge in [-0.25, -0.2) is 0 Å². The molecule has 0 amide bonds. The van der Waals surface area contributed by atoms with E-state index < -0.39 is 0 Å². The summed E-state index contributed by atoms with van der Waals surface area (Å²) in [6, 6.07) is 0.714. The fourth-order valence-electron chi connectivity index (χ4n) is 3.23. The molecule has 1 aliphatic carbocycles. The zero-order valence-electron chi connectivity index (χ0n) is 9.34. The highest BCUT2D eigenvalue weighted by Crippen LogP contribution is 2.35. The highest BCUT2D eigenvalue weighted by Gasteiger charge is 2.42. The molecule has 86 valence electrons. The lowest BCUT2D eigenvalue weighted by Gasteiger charge is -2.49. The van der Waals surface area contributed by atoms with Crippen LogP contribution in [-0.2, 0) is 9.47 Å². The summed E-state index contributed by atoms with van der Waals surface area (Å²) in [7, 11) is 0. The lowest BCUT2D eigenvalue weighted by molar-refractivity contribution is -0.179. The third-order valence-corrected chi connectivity index (χ3v) is 4.23. The summed E-state index contributed by atoms with van der Waals surface area (Å²) < 4.78 is 11.5. The molecule has 2 aliphatic heterocycles. The van der Waals surface area contributed by atoms with Crippen LogP contribution in [0, 0.1) is 5.92 Å². The van der Waals surface area contributed by atoms with E-state index in [0.29, 0.717) is 6.04 Å². The van der Waals surface area contributed by atoms with E-state index in [4.69, 9.17) is 9.47 Å². The van der Waals surface area contributed by atoms with E-state index >= 15 is 0 Å². The summed E-state index contributed by atoms with van der Waals surface area (Å²) in [4.78, 5) is 0. The second kappa shape index (κ2) is 4.04. The predicted octanol–water partition coefficient (Wildman–Crippen LogP) is 1.67. The summed E-state index contributed by atoms with van der Waals surface area (Å²) in [5.74, 6) is 0.771. The number of rotatable bonds is 0. The van der Waals surface area contributed by atoms with Crippen molar-refractivity contribution in [3.05, 3.63) is 0 Å². The molecule has 3 heteroatoms. The van der Waals surface area contributed by atoms with Crippen molar-refractivity contribution in [1.82, 2.24) is 5.32 Å². The van der Waals surface area contributed by atoms with Crippen molar-refractivity contribution in [3.63, 3.8) is 0 Å². The predicted molar refractivity (Wildman–Crippen MR) is 57.6 cm³/mol. The Morgan fingerprint density at radius 1 is 1.07 bits per heavy atom. The summed E-state index contributed by atoms with van der Waals surface area (Å²) in [5.41, 5.74) is -0.0310. The van der Waals surface area contributed by atoms with Crippen molar-refractivity contribution in [2.45, 2.75) is 50.3 Å². The highest BCUT2D eigenvalue weighted by atomic mass is 16.5. The van der Waals surface area contributed by atoms with E-state index in [0.717, 1.165) is 38.6 Å². The van der Waals surface area contributed by atoms with Gasteiger partial charge in [0.15, 0.2) is 0 Å². The molecule has 2 heterocycles. The molecular formula is C12H21NO2. The van der Waals surface area contributed by atoms with E-state index in [-0.39, 0.29) is 5.72 Å². The number of fused-ring (bicyclic) bond motifs is 1. The molecule has 15 heavy (non-hydrogen) atoms. The molecule has 2 saturated heterocycles. The molecule has 1 N–H and O–H groups in total. The zero-order valence-corrected chi connectivity index (χ0v) is 9.34. The minimum absolute atomic E-state index is 0.0310. The van der Waals surface area contributed by atoms with Gasteiger partial charge in [0.25, 0.3) is 0 Å². The van der Waals surface area contributed by atoms with Crippen molar-refractivity contribution in [1.29, 1.82) is 0 Å². The topological polar surface area (TPSA) is 30.5 Å². The van der Waals surface area contributed by atoms with Gasteiger partial charge in [-0.1, -0.05) is 12.8 Å². The van der Waals surface area contributed by atoms with Crippen LogP contribution in [0.2, 0.25) is 0 Å². The van der Waals surface area contributed by atoms with Gasteiger partial charge in [0.05, 0.1) is 19.8 Å². The van der Waals surface area contributed by atoms with Crippen LogP contribution >= 0.6 is 0 Å². The third kappa shape index (κ3) is 1.93. The van der Waals surface area contributed by atoms with Gasteiger partial charge in [-0.3, -0.25) is 5.32 Å². The van der Waals surface area contributed by atoms with Crippen molar-refractivity contribution in [2.75, 3.05) is 19.8 Å². The maximum atomic E-state index is 6.08. The van der Waals surface area contributed by atoms with Crippen molar-refractivity contribution >= 4 is 0 Å². The average molecular weight is 211 g/mol. The van der Waals surface area contributed by atoms with E-state index in [1.807, 2.05) is 0 Å². The Labute approximate surface area is 91.5 Å². The molecule has 3 rings (SSSR count). The van der Waals surface area contributed by atoms with Gasteiger partial charge < -0.3 is 9.47 Å². The summed E-state index contributed by atoms with van der Waals surface area (Å²) in [6.07, 6.45) is 7.52. The van der Waals surface area contributed by atoms with E-state index in [9.17, 15) is 0 Å². The molecule has 2 unspecified atom stereocenters. The van der Waals surface area contributed by atoms with Crippen molar-refractivity contribution in [2.24, 2.45) is 5.92 Å². The third-order valence-electron chi connectivity index (χ3n) is 4.23. The molecule has 3 fully saturated rings. The first-order valence-corrected chi connectivity index (χ1v) is 6.37. The van der Waals surface area contributed by atoms with Crippen LogP contribution in [0.5, 0.6) is 0 Å². The molecule has 3 aliphatic rings. The Kier molecular flexibility index (Phi) is 2.71. The summed E-state index contributed by atoms with van der Waals surface area (Å²) in [5, 5.41) is 3.77. The van der Waals surface area contributed by atoms with Crippen molar-refractivity contribution in [3.8, 4) is 0 Å². The number of hydrogen-bond acceptors (Lipinski definition) is 3. The Balaban J connectivity index is 1.68. The van der Waals surface area contributed by atoms with Crippen LogP contribution < -0.4 is 5.32 Å². The number of nitrogens with one attached hydrogen (secondary N) is 1. The van der Waals surface area contributed by atoms with Gasteiger partial charge in [-0.05, 0) is 18.8 Å². The van der Waals surface area contributed by atoms with Gasteiger partial charge in [-0.2, -0.15) is 0 Å². The first kappa shape index (κ1) is 10.1. The molecule has 0 radical (unpaired) electrons. The van der Waals surface area contributed by atoms with Gasteiger partial charge in [0.1, 0.15) is 5.72 Å². The molecule has 0 aromatic heterocycles. The highest BCUT2D eigenvalue weighted by molar-refractivity contribution is 4.93. The van der Waals surface area contributed by atoms with E-state index in [2.05, 4.69) is 5.32 Å². The largest absolute Gasteiger partial charge is 0.381 e. The molecule has 0 bridgehead atoms. The van der Waals surface area contributed by atoms with Crippen LogP contribution in [-0.4, -0.2) is 31.6 Å². The Bertz CT molecular complexity index is 226. The molecule has 1 saturated carbocycles. The standard InChI is InChI=1S/C12H21NO2/c1-2-4-11-10(3-1)9-15-12(13-11)5-7-14-8-6-12/h10-11,13H,1-9H2. The molecule has 0 aromatic rings. The van der Waals surface area contributed by atoms with Crippen LogP contribution in [0.3, 0.4) is 0 Å². The minimum Gasteiger partial charge on any atom is -0.381 e. The van der Waals surface area contributed by atoms with Crippen LogP contribution in [0.1, 0.15) is 38.5 Å². The second-order valence-corrected chi connectivity index (χ2v) is 5.21. The van der Waals surface area contributed by atoms with E-state index in [1.54, 1.807) is 0 Å². The minimum atomic E-state index is -0.0310. The van der Waals surface area contributed by atoms with Gasteiger partial charge in [0.2, 0.25) is 0 Å². The molecule has 2 atom stereocenters. The molecule has 0 aromatic carbocycles. The molecule has 3 nitrogen and oxygen atoms in total. The number of ether oxygens (including phenoxy) is 2. The first-order valence-electron chi connectivity index (χ1n) is 6.37. The smallest absolute Gasteiger partial charge is 0.123 e. The Morgan fingerprint density at radius 2 is 1.87 bits per heavy atom. The monoisotopic (exact) mass is 211 g/mol. The average Bonchev–Trinajstić information content (AvgIpc) is 2.30. The lowest BCUT2D eigenvalue weighted by atomic mass is 9.82. The quantitative estimate of drug-likeness (QED) is 0.661. The van der Waals surface area contributed by atoms with E-state index in [1.165, 1.54) is 25.7 Å². The Hall–Kier alpha value is -0.120. The van der Waals surface area contributed by atoms with Gasteiger partial charge in [-0.15, -0.1) is 0 Å². The van der Waals surface area contributed by atoms with Crippen LogP contribution in [0.25, 0.3) is 0 Å². The fourth-order valence-corrected chi connectivity index (χ4v) is 3.23. The summed E-state index contributed by atoms with van der Waals surface area (Å²) in [6.45, 7) is 2.67. The summed E-state index contributed by atoms with van der Waals surface area (Å²) >= 11 is 0. The maximum absolute atomic E-state index is 6.08. The number of hydrogen-bond donors (Lipinski definition) is 1. The second-order valence-electron chi connectivity index (χ2n) is 5.21. The lowest BCUT2D eigenvalue weighted by Crippen LogP contribution is -2.62. The van der Waals surface area contributed by atoms with Crippen molar-refractivity contribution < 1.29 is 9.47 Å². The Morgan fingerprint density at radius 3 is 2.73 bits per heavy atom. The SMILES string of the molecule is C1CCC2NC3(CCOCC3)OCC2C1. The fraction of sp³-hybridized carbons (Fsp3) is 1.00. The maximum Gasteiger partial charge on any atom is 0.123 e.